The second-order valence-corrected chi connectivity index (χ2v) is 4.53. The van der Waals surface area contributed by atoms with E-state index in [9.17, 15) is 10.4 Å². The quantitative estimate of drug-likeness (QED) is 0.769. The molecule has 1 N–H and O–H groups in total. The van der Waals surface area contributed by atoms with Gasteiger partial charge in [-0.05, 0) is 23.3 Å². The molecule has 3 heteroatoms. The van der Waals surface area contributed by atoms with E-state index >= 15 is 0 Å². The lowest BCUT2D eigenvalue weighted by Gasteiger charge is -2.09. The highest BCUT2D eigenvalue weighted by molar-refractivity contribution is 5.97. The van der Waals surface area contributed by atoms with Crippen LogP contribution in [0.3, 0.4) is 0 Å². The zero-order valence-corrected chi connectivity index (χ0v) is 10.7. The molecule has 0 saturated carbocycles. The fraction of sp³-hybridized carbons (Fsp3) is 0.0588. The molecule has 0 atom stereocenters. The summed E-state index contributed by atoms with van der Waals surface area (Å²) in [5.41, 5.74) is 4.02. The van der Waals surface area contributed by atoms with Gasteiger partial charge in [-0.3, -0.25) is 4.98 Å². The van der Waals surface area contributed by atoms with Crippen LogP contribution in [0, 0.1) is 11.3 Å². The fourth-order valence-corrected chi connectivity index (χ4v) is 2.34. The number of hydrogen-bond donors (Lipinski definition) is 1. The van der Waals surface area contributed by atoms with Gasteiger partial charge in [0.05, 0.1) is 17.7 Å². The van der Waals surface area contributed by atoms with Crippen LogP contribution < -0.4 is 0 Å². The molecule has 0 radical (unpaired) electrons. The average Bonchev–Trinajstić information content (AvgIpc) is 2.53. The molecule has 0 aliphatic heterocycles. The highest BCUT2D eigenvalue weighted by Gasteiger charge is 2.11. The molecular formula is C17H12N2O. The first-order valence-corrected chi connectivity index (χ1v) is 6.31. The van der Waals surface area contributed by atoms with Gasteiger partial charge in [0, 0.05) is 17.1 Å². The lowest BCUT2D eigenvalue weighted by atomic mass is 9.96. The second kappa shape index (κ2) is 5.12. The van der Waals surface area contributed by atoms with Gasteiger partial charge in [-0.1, -0.05) is 36.4 Å². The molecular weight excluding hydrogens is 248 g/mol. The van der Waals surface area contributed by atoms with Crippen LogP contribution in [0.5, 0.6) is 0 Å². The Morgan fingerprint density at radius 2 is 1.90 bits per heavy atom. The molecule has 0 aliphatic carbocycles. The first-order valence-electron chi connectivity index (χ1n) is 6.31. The van der Waals surface area contributed by atoms with Gasteiger partial charge >= 0.3 is 0 Å². The van der Waals surface area contributed by atoms with Crippen molar-refractivity contribution in [2.24, 2.45) is 0 Å². The largest absolute Gasteiger partial charge is 0.392 e. The fourth-order valence-electron chi connectivity index (χ4n) is 2.34. The monoisotopic (exact) mass is 260 g/mol. The van der Waals surface area contributed by atoms with Gasteiger partial charge in [-0.15, -0.1) is 0 Å². The molecule has 0 fully saturated rings. The minimum absolute atomic E-state index is 0.0268. The standard InChI is InChI=1S/C17H12N2O/c18-9-14-10-19-16-7-6-12(11-20)8-15(16)17(14)13-4-2-1-3-5-13/h1-8,10,20H,11H2. The van der Waals surface area contributed by atoms with Crippen molar-refractivity contribution in [2.45, 2.75) is 6.61 Å². The Kier molecular flexibility index (Phi) is 3.16. The smallest absolute Gasteiger partial charge is 0.101 e. The molecule has 3 aromatic rings. The molecule has 3 rings (SSSR count). The lowest BCUT2D eigenvalue weighted by Crippen LogP contribution is -1.92. The summed E-state index contributed by atoms with van der Waals surface area (Å²) in [6.45, 7) is -0.0268. The zero-order chi connectivity index (χ0) is 13.9. The molecule has 0 spiro atoms. The van der Waals surface area contributed by atoms with E-state index in [2.05, 4.69) is 11.1 Å². The summed E-state index contributed by atoms with van der Waals surface area (Å²) in [4.78, 5) is 4.31. The maximum Gasteiger partial charge on any atom is 0.101 e. The third kappa shape index (κ3) is 2.03. The Balaban J connectivity index is 2.40. The number of nitrogens with zero attached hydrogens (tertiary/aromatic N) is 2. The van der Waals surface area contributed by atoms with Crippen molar-refractivity contribution in [2.75, 3.05) is 0 Å². The maximum absolute atomic E-state index is 9.33. The number of aromatic nitrogens is 1. The highest BCUT2D eigenvalue weighted by Crippen LogP contribution is 2.31. The van der Waals surface area contributed by atoms with E-state index < -0.39 is 0 Å². The molecule has 20 heavy (non-hydrogen) atoms. The Morgan fingerprint density at radius 1 is 1.10 bits per heavy atom. The highest BCUT2D eigenvalue weighted by atomic mass is 16.3. The van der Waals surface area contributed by atoms with Crippen LogP contribution in [-0.4, -0.2) is 10.1 Å². The molecule has 2 aromatic carbocycles. The van der Waals surface area contributed by atoms with Crippen LogP contribution in [0.2, 0.25) is 0 Å². The Labute approximate surface area is 116 Å². The first-order chi connectivity index (χ1) is 9.83. The molecule has 0 aliphatic rings. The summed E-state index contributed by atoms with van der Waals surface area (Å²) in [7, 11) is 0. The van der Waals surface area contributed by atoms with Crippen molar-refractivity contribution in [1.29, 1.82) is 5.26 Å². The summed E-state index contributed by atoms with van der Waals surface area (Å²) in [6, 6.07) is 17.6. The summed E-state index contributed by atoms with van der Waals surface area (Å²) in [6.07, 6.45) is 1.60. The van der Waals surface area contributed by atoms with E-state index in [1.165, 1.54) is 0 Å². The number of hydrogen-bond acceptors (Lipinski definition) is 3. The SMILES string of the molecule is N#Cc1cnc2ccc(CO)cc2c1-c1ccccc1. The molecule has 0 amide bonds. The number of aliphatic hydroxyl groups excluding tert-OH is 1. The van der Waals surface area contributed by atoms with Crippen LogP contribution in [-0.2, 0) is 6.61 Å². The van der Waals surface area contributed by atoms with Gasteiger partial charge in [-0.2, -0.15) is 5.26 Å². The number of rotatable bonds is 2. The number of pyridine rings is 1. The van der Waals surface area contributed by atoms with Crippen molar-refractivity contribution >= 4 is 10.9 Å². The Morgan fingerprint density at radius 3 is 2.60 bits per heavy atom. The van der Waals surface area contributed by atoms with Crippen molar-refractivity contribution in [3.63, 3.8) is 0 Å². The van der Waals surface area contributed by atoms with Gasteiger partial charge in [-0.25, -0.2) is 0 Å². The molecule has 0 saturated heterocycles. The van der Waals surface area contributed by atoms with Gasteiger partial charge in [0.25, 0.3) is 0 Å². The van der Waals surface area contributed by atoms with Crippen LogP contribution in [0.25, 0.3) is 22.0 Å². The number of benzene rings is 2. The molecule has 1 aromatic heterocycles. The molecule has 3 nitrogen and oxygen atoms in total. The van der Waals surface area contributed by atoms with E-state index in [1.807, 2.05) is 48.5 Å². The van der Waals surface area contributed by atoms with E-state index in [0.29, 0.717) is 5.56 Å². The third-order valence-electron chi connectivity index (χ3n) is 3.30. The normalized spacial score (nSPS) is 10.4. The van der Waals surface area contributed by atoms with Crippen molar-refractivity contribution in [1.82, 2.24) is 4.98 Å². The average molecular weight is 260 g/mol. The van der Waals surface area contributed by atoms with Gasteiger partial charge in [0.1, 0.15) is 6.07 Å². The molecule has 96 valence electrons. The van der Waals surface area contributed by atoms with Crippen LogP contribution >= 0.6 is 0 Å². The first kappa shape index (κ1) is 12.3. The minimum Gasteiger partial charge on any atom is -0.392 e. The maximum atomic E-state index is 9.33. The summed E-state index contributed by atoms with van der Waals surface area (Å²) in [5.74, 6) is 0. The topological polar surface area (TPSA) is 56.9 Å². The number of nitriles is 1. The number of fused-ring (bicyclic) bond motifs is 1. The van der Waals surface area contributed by atoms with Crippen LogP contribution in [0.1, 0.15) is 11.1 Å². The lowest BCUT2D eigenvalue weighted by molar-refractivity contribution is 0.282. The van der Waals surface area contributed by atoms with Gasteiger partial charge < -0.3 is 5.11 Å². The second-order valence-electron chi connectivity index (χ2n) is 4.53. The molecule has 0 unspecified atom stereocenters. The Bertz CT molecular complexity index is 804. The summed E-state index contributed by atoms with van der Waals surface area (Å²) >= 11 is 0. The van der Waals surface area contributed by atoms with E-state index in [0.717, 1.165) is 27.6 Å². The predicted octanol–water partition coefficient (Wildman–Crippen LogP) is 3.27. The van der Waals surface area contributed by atoms with Crippen LogP contribution in [0.15, 0.2) is 54.7 Å². The van der Waals surface area contributed by atoms with E-state index in [1.54, 1.807) is 6.20 Å². The van der Waals surface area contributed by atoms with Crippen molar-refractivity contribution in [3.05, 3.63) is 65.9 Å². The minimum atomic E-state index is -0.0268. The molecule has 0 bridgehead atoms. The molecule has 1 heterocycles. The summed E-state index contributed by atoms with van der Waals surface area (Å²) < 4.78 is 0. The van der Waals surface area contributed by atoms with Crippen LogP contribution in [0.4, 0.5) is 0 Å². The van der Waals surface area contributed by atoms with Crippen molar-refractivity contribution in [3.8, 4) is 17.2 Å². The number of aliphatic hydroxyl groups is 1. The van der Waals surface area contributed by atoms with Gasteiger partial charge in [0.15, 0.2) is 0 Å². The van der Waals surface area contributed by atoms with E-state index in [4.69, 9.17) is 0 Å². The Hall–Kier alpha value is -2.70. The third-order valence-corrected chi connectivity index (χ3v) is 3.30. The van der Waals surface area contributed by atoms with Crippen molar-refractivity contribution < 1.29 is 5.11 Å². The van der Waals surface area contributed by atoms with E-state index in [-0.39, 0.29) is 6.61 Å². The summed E-state index contributed by atoms with van der Waals surface area (Å²) in [5, 5.41) is 19.5. The zero-order valence-electron chi connectivity index (χ0n) is 10.7. The predicted molar refractivity (Wildman–Crippen MR) is 77.8 cm³/mol. The van der Waals surface area contributed by atoms with Gasteiger partial charge in [0.2, 0.25) is 0 Å².